The number of carbonyl (C=O) groups excluding carboxylic acids is 1. The number of anilines is 1. The quantitative estimate of drug-likeness (QED) is 0.0427. The summed E-state index contributed by atoms with van der Waals surface area (Å²) >= 11 is 0.812. The van der Waals surface area contributed by atoms with Gasteiger partial charge in [-0.25, -0.2) is 0 Å². The van der Waals surface area contributed by atoms with Crippen LogP contribution in [0.15, 0.2) is 118 Å². The SMILES string of the molecule is COc1cc(N=Nc2c(S(O)(O)O)cc3ccc(NC(C)=O)cc3c2O)c(O)cc1N=Nc1sc(N=Nc2cc(S(=O)(=O)O)c3cccc(S(O)(O)O)c3c2)cc1C#N. The molecule has 10 N–H and O–H groups in total. The van der Waals surface area contributed by atoms with Crippen LogP contribution in [0.4, 0.5) is 38.4 Å². The molecule has 0 aliphatic carbocycles. The second-order valence-electron chi connectivity index (χ2n) is 12.0. The number of methoxy groups -OCH3 is 1. The average molecular weight is 885 g/mol. The summed E-state index contributed by atoms with van der Waals surface area (Å²) in [7, 11) is -12.4. The highest BCUT2D eigenvalue weighted by atomic mass is 32.3. The summed E-state index contributed by atoms with van der Waals surface area (Å²) in [6.45, 7) is 1.28. The molecule has 0 bridgehead atoms. The van der Waals surface area contributed by atoms with Crippen LogP contribution in [-0.4, -0.2) is 63.5 Å². The Morgan fingerprint density at radius 2 is 1.46 bits per heavy atom. The average Bonchev–Trinajstić information content (AvgIpc) is 3.56. The smallest absolute Gasteiger partial charge is 0.295 e. The van der Waals surface area contributed by atoms with Crippen LogP contribution >= 0.6 is 33.1 Å². The van der Waals surface area contributed by atoms with E-state index < -0.39 is 69.6 Å². The number of azo groups is 3. The molecule has 306 valence electrons. The molecular weight excluding hydrogens is 857 g/mol. The van der Waals surface area contributed by atoms with Crippen molar-refractivity contribution in [3.8, 4) is 23.3 Å². The van der Waals surface area contributed by atoms with Crippen molar-refractivity contribution < 1.29 is 60.0 Å². The Bertz CT molecular complexity index is 2940. The van der Waals surface area contributed by atoms with Gasteiger partial charge in [-0.1, -0.05) is 29.5 Å². The predicted octanol–water partition coefficient (Wildman–Crippen LogP) is 11.0. The van der Waals surface area contributed by atoms with Gasteiger partial charge in [0.2, 0.25) is 5.91 Å². The van der Waals surface area contributed by atoms with E-state index in [-0.39, 0.29) is 59.9 Å². The van der Waals surface area contributed by atoms with Crippen LogP contribution in [-0.2, 0) is 14.9 Å². The molecule has 1 aromatic heterocycles. The normalized spacial score (nSPS) is 13.2. The Labute approximate surface area is 339 Å². The first-order valence-corrected chi connectivity index (χ1v) is 21.3. The molecule has 1 heterocycles. The van der Waals surface area contributed by atoms with Gasteiger partial charge in [-0.15, -0.1) is 30.7 Å². The van der Waals surface area contributed by atoms with E-state index in [0.717, 1.165) is 35.6 Å². The summed E-state index contributed by atoms with van der Waals surface area (Å²) in [4.78, 5) is 9.88. The number of carbonyl (C=O) groups is 1. The van der Waals surface area contributed by atoms with Gasteiger partial charge in [0.15, 0.2) is 10.8 Å². The van der Waals surface area contributed by atoms with Gasteiger partial charge in [-0.05, 0) is 47.9 Å². The molecule has 0 saturated carbocycles. The van der Waals surface area contributed by atoms with Crippen LogP contribution in [0.3, 0.4) is 0 Å². The Balaban J connectivity index is 1.32. The molecule has 1 amide bonds. The summed E-state index contributed by atoms with van der Waals surface area (Å²) in [6.07, 6.45) is 0. The van der Waals surface area contributed by atoms with E-state index >= 15 is 0 Å². The number of ether oxygens (including phenoxy) is 1. The zero-order chi connectivity index (χ0) is 43.0. The molecule has 0 atom stereocenters. The van der Waals surface area contributed by atoms with Crippen LogP contribution in [0, 0.1) is 11.3 Å². The highest BCUT2D eigenvalue weighted by molar-refractivity contribution is 8.19. The molecule has 0 unspecified atom stereocenters. The minimum Gasteiger partial charge on any atom is -0.506 e. The van der Waals surface area contributed by atoms with E-state index in [1.54, 1.807) is 0 Å². The van der Waals surface area contributed by atoms with Gasteiger partial charge in [-0.2, -0.15) is 13.7 Å². The number of hydrogen-bond acceptors (Lipinski definition) is 20. The van der Waals surface area contributed by atoms with Gasteiger partial charge in [0, 0.05) is 40.9 Å². The molecule has 0 aliphatic rings. The number of amides is 1. The van der Waals surface area contributed by atoms with Crippen molar-refractivity contribution in [3.05, 3.63) is 78.4 Å². The van der Waals surface area contributed by atoms with E-state index in [2.05, 4.69) is 36.0 Å². The van der Waals surface area contributed by atoms with Gasteiger partial charge in [0.1, 0.15) is 66.3 Å². The first-order chi connectivity index (χ1) is 27.7. The maximum Gasteiger partial charge on any atom is 0.295 e. The van der Waals surface area contributed by atoms with Gasteiger partial charge < -0.3 is 47.6 Å². The zero-order valence-corrected chi connectivity index (χ0v) is 33.1. The van der Waals surface area contributed by atoms with Gasteiger partial charge >= 0.3 is 0 Å². The number of nitrogens with zero attached hydrogens (tertiary/aromatic N) is 7. The Morgan fingerprint density at radius 1 is 0.746 bits per heavy atom. The number of aromatic hydroxyl groups is 2. The molecule has 21 nitrogen and oxygen atoms in total. The molecule has 6 rings (SSSR count). The third-order valence-corrected chi connectivity index (χ3v) is 11.7. The van der Waals surface area contributed by atoms with Crippen molar-refractivity contribution in [1.82, 2.24) is 0 Å². The number of fused-ring (bicyclic) bond motifs is 2. The van der Waals surface area contributed by atoms with Gasteiger partial charge in [-0.3, -0.25) is 9.35 Å². The van der Waals surface area contributed by atoms with E-state index in [4.69, 9.17) is 4.74 Å². The van der Waals surface area contributed by atoms with Crippen molar-refractivity contribution in [3.63, 3.8) is 0 Å². The fourth-order valence-electron chi connectivity index (χ4n) is 5.50. The summed E-state index contributed by atoms with van der Waals surface area (Å²) in [5, 5.41) is 58.3. The summed E-state index contributed by atoms with van der Waals surface area (Å²) in [6, 6.07) is 16.7. The molecular formula is C34H28N8O13S4. The standard InChI is InChI=1S/C34H28N8O13S4/c1-16(43)36-19-7-6-17-8-30(59(52,53)54)32(33(45)22(17)10-19)41-38-24-14-27(55-2)25(13-26(24)44)39-42-34-18(15-35)9-31(56-34)40-37-20-11-23-21(29(12-20)58(49,50)51)4-3-5-28(23)57(46,47)48/h3-14,44-48,52-54H,1-2H3,(H,36,43)(H,49,50,51). The number of hydrogen-bond donors (Lipinski definition) is 10. The molecule has 0 fully saturated rings. The largest absolute Gasteiger partial charge is 0.506 e. The van der Waals surface area contributed by atoms with Crippen molar-refractivity contribution in [2.45, 2.75) is 21.6 Å². The molecule has 0 radical (unpaired) electrons. The van der Waals surface area contributed by atoms with Crippen molar-refractivity contribution >= 4 is 109 Å². The highest BCUT2D eigenvalue weighted by Gasteiger charge is 2.26. The lowest BCUT2D eigenvalue weighted by atomic mass is 10.1. The van der Waals surface area contributed by atoms with Gasteiger partial charge in [0.25, 0.3) is 10.1 Å². The second kappa shape index (κ2) is 16.2. The molecule has 0 spiro atoms. The van der Waals surface area contributed by atoms with Crippen molar-refractivity contribution in [2.75, 3.05) is 12.4 Å². The summed E-state index contributed by atoms with van der Waals surface area (Å²) in [5.74, 6) is -1.62. The number of phenolic OH excluding ortho intramolecular Hbond substituents is 2. The van der Waals surface area contributed by atoms with Crippen LogP contribution in [0.1, 0.15) is 12.5 Å². The van der Waals surface area contributed by atoms with Crippen LogP contribution < -0.4 is 10.1 Å². The Morgan fingerprint density at radius 3 is 2.10 bits per heavy atom. The first kappa shape index (κ1) is 42.5. The summed E-state index contributed by atoms with van der Waals surface area (Å²) < 4.78 is 99.7. The topological polar surface area (TPSA) is 352 Å². The number of phenols is 2. The highest BCUT2D eigenvalue weighted by Crippen LogP contribution is 2.55. The first-order valence-electron chi connectivity index (χ1n) is 16.0. The molecule has 6 aromatic rings. The van der Waals surface area contributed by atoms with Gasteiger partial charge in [0.05, 0.1) is 28.2 Å². The van der Waals surface area contributed by atoms with E-state index in [1.165, 1.54) is 62.6 Å². The van der Waals surface area contributed by atoms with E-state index in [0.29, 0.717) is 5.69 Å². The minimum absolute atomic E-state index is 0.00404. The Hall–Kier alpha value is -6.15. The third kappa shape index (κ3) is 9.28. The molecule has 0 saturated heterocycles. The Kier molecular flexibility index (Phi) is 11.7. The molecule has 59 heavy (non-hydrogen) atoms. The predicted molar refractivity (Wildman–Crippen MR) is 217 cm³/mol. The molecule has 5 aromatic carbocycles. The maximum atomic E-state index is 12.2. The second-order valence-corrected chi connectivity index (χ2v) is 17.4. The summed E-state index contributed by atoms with van der Waals surface area (Å²) in [5.41, 5.74) is -0.838. The van der Waals surface area contributed by atoms with Crippen LogP contribution in [0.5, 0.6) is 17.2 Å². The number of nitriles is 1. The monoisotopic (exact) mass is 884 g/mol. The fraction of sp³-hybridized carbons (Fsp3) is 0.0588. The van der Waals surface area contributed by atoms with E-state index in [1.807, 2.05) is 6.07 Å². The number of rotatable bonds is 11. The lowest BCUT2D eigenvalue weighted by Crippen LogP contribution is -2.05. The van der Waals surface area contributed by atoms with Crippen LogP contribution in [0.2, 0.25) is 0 Å². The third-order valence-electron chi connectivity index (χ3n) is 8.01. The van der Waals surface area contributed by atoms with Crippen LogP contribution in [0.25, 0.3) is 21.5 Å². The maximum absolute atomic E-state index is 12.2. The molecule has 25 heteroatoms. The zero-order valence-electron chi connectivity index (χ0n) is 29.8. The fourth-order valence-corrected chi connectivity index (χ4v) is 8.38. The lowest BCUT2D eigenvalue weighted by Gasteiger charge is -2.22. The lowest BCUT2D eigenvalue weighted by molar-refractivity contribution is -0.114. The number of thiophene rings is 1. The van der Waals surface area contributed by atoms with Crippen molar-refractivity contribution in [2.24, 2.45) is 30.7 Å². The molecule has 0 aliphatic heterocycles. The number of benzene rings is 5. The number of nitrogens with one attached hydrogen (secondary N) is 1. The van der Waals surface area contributed by atoms with E-state index in [9.17, 15) is 60.6 Å². The van der Waals surface area contributed by atoms with Crippen molar-refractivity contribution in [1.29, 1.82) is 5.26 Å². The minimum atomic E-state index is -4.88.